The minimum Gasteiger partial charge on any atom is -0.457 e. The first kappa shape index (κ1) is 20.7. The van der Waals surface area contributed by atoms with Crippen molar-refractivity contribution in [2.45, 2.75) is 4.90 Å². The Balaban J connectivity index is 1.56. The second kappa shape index (κ2) is 8.07. The topological polar surface area (TPSA) is 111 Å². The van der Waals surface area contributed by atoms with E-state index in [1.807, 2.05) is 60.7 Å². The van der Waals surface area contributed by atoms with Gasteiger partial charge >= 0.3 is 0 Å². The Morgan fingerprint density at radius 2 is 1.61 bits per heavy atom. The van der Waals surface area contributed by atoms with Gasteiger partial charge in [-0.3, -0.25) is 10.1 Å². The van der Waals surface area contributed by atoms with E-state index in [1.165, 1.54) is 6.26 Å². The maximum absolute atomic E-state index is 12.0. The van der Waals surface area contributed by atoms with Gasteiger partial charge in [0.15, 0.2) is 15.7 Å². The van der Waals surface area contributed by atoms with E-state index < -0.39 is 9.84 Å². The number of aromatic nitrogens is 3. The van der Waals surface area contributed by atoms with Gasteiger partial charge in [0, 0.05) is 23.6 Å². The standard InChI is InChI=1S/C25H20N4O3S/c1-33(30,31)20-9-5-6-17(14-20)23-24-22(25(26)29-28-24)21(15-27-23)16-10-12-19(13-11-16)32-18-7-3-2-4-8-18/h2-15H,1H3,(H3,26,28,29). The first-order valence-corrected chi connectivity index (χ1v) is 12.1. The number of para-hydroxylation sites is 1. The van der Waals surface area contributed by atoms with Crippen LogP contribution in [-0.2, 0) is 9.84 Å². The monoisotopic (exact) mass is 456 g/mol. The van der Waals surface area contributed by atoms with Crippen molar-refractivity contribution in [3.05, 3.63) is 85.1 Å². The van der Waals surface area contributed by atoms with Gasteiger partial charge < -0.3 is 10.5 Å². The summed E-state index contributed by atoms with van der Waals surface area (Å²) in [5, 5.41) is 7.86. The summed E-state index contributed by atoms with van der Waals surface area (Å²) >= 11 is 0. The zero-order valence-corrected chi connectivity index (χ0v) is 18.5. The number of hydrogen-bond donors (Lipinski definition) is 2. The van der Waals surface area contributed by atoms with Gasteiger partial charge in [0.25, 0.3) is 0 Å². The Hall–Kier alpha value is -4.17. The molecule has 5 rings (SSSR count). The number of pyridine rings is 1. The van der Waals surface area contributed by atoms with Gasteiger partial charge in [-0.05, 0) is 42.0 Å². The lowest BCUT2D eigenvalue weighted by atomic mass is 10.0. The Labute approximate surface area is 190 Å². The minimum absolute atomic E-state index is 0.223. The van der Waals surface area contributed by atoms with E-state index in [0.717, 1.165) is 22.3 Å². The number of ether oxygens (including phenoxy) is 1. The Kier molecular flexibility index (Phi) is 5.07. The van der Waals surface area contributed by atoms with Crippen LogP contribution in [0.25, 0.3) is 33.3 Å². The van der Waals surface area contributed by atoms with E-state index in [0.29, 0.717) is 28.3 Å². The van der Waals surface area contributed by atoms with Crippen molar-refractivity contribution in [2.75, 3.05) is 12.0 Å². The zero-order valence-electron chi connectivity index (χ0n) is 17.7. The fraction of sp³-hybridized carbons (Fsp3) is 0.0400. The predicted octanol–water partition coefficient (Wildman–Crippen LogP) is 5.07. The summed E-state index contributed by atoms with van der Waals surface area (Å²) in [5.74, 6) is 1.81. The largest absolute Gasteiger partial charge is 0.457 e. The van der Waals surface area contributed by atoms with Crippen molar-refractivity contribution in [1.29, 1.82) is 0 Å². The van der Waals surface area contributed by atoms with E-state index >= 15 is 0 Å². The van der Waals surface area contributed by atoms with Crippen LogP contribution >= 0.6 is 0 Å². The minimum atomic E-state index is -3.35. The molecule has 3 aromatic carbocycles. The quantitative estimate of drug-likeness (QED) is 0.382. The molecule has 33 heavy (non-hydrogen) atoms. The molecule has 0 saturated heterocycles. The van der Waals surface area contributed by atoms with Crippen LogP contribution in [-0.4, -0.2) is 29.9 Å². The summed E-state index contributed by atoms with van der Waals surface area (Å²) in [4.78, 5) is 4.85. The lowest BCUT2D eigenvalue weighted by Gasteiger charge is -2.10. The molecule has 164 valence electrons. The maximum atomic E-state index is 12.0. The third-order valence-electron chi connectivity index (χ3n) is 5.30. The Morgan fingerprint density at radius 1 is 0.879 bits per heavy atom. The molecule has 5 aromatic rings. The summed E-state index contributed by atoms with van der Waals surface area (Å²) < 4.78 is 29.9. The average molecular weight is 457 g/mol. The van der Waals surface area contributed by atoms with Crippen LogP contribution in [0.4, 0.5) is 5.82 Å². The molecule has 0 bridgehead atoms. The molecule has 0 aliphatic heterocycles. The molecule has 0 aliphatic rings. The number of anilines is 1. The van der Waals surface area contributed by atoms with Crippen molar-refractivity contribution in [3.8, 4) is 33.9 Å². The van der Waals surface area contributed by atoms with E-state index in [4.69, 9.17) is 10.5 Å². The van der Waals surface area contributed by atoms with Crippen molar-refractivity contribution >= 4 is 26.6 Å². The molecule has 7 nitrogen and oxygen atoms in total. The predicted molar refractivity (Wildman–Crippen MR) is 129 cm³/mol. The van der Waals surface area contributed by atoms with Crippen molar-refractivity contribution in [2.24, 2.45) is 0 Å². The lowest BCUT2D eigenvalue weighted by Crippen LogP contribution is -1.97. The van der Waals surface area contributed by atoms with E-state index in [2.05, 4.69) is 15.2 Å². The van der Waals surface area contributed by atoms with Crippen LogP contribution in [0.5, 0.6) is 11.5 Å². The first-order valence-electron chi connectivity index (χ1n) is 10.2. The van der Waals surface area contributed by atoms with Gasteiger partial charge in [0.05, 0.1) is 21.5 Å². The van der Waals surface area contributed by atoms with E-state index in [-0.39, 0.29) is 4.90 Å². The van der Waals surface area contributed by atoms with Crippen LogP contribution in [0, 0.1) is 0 Å². The van der Waals surface area contributed by atoms with Crippen LogP contribution in [0.1, 0.15) is 0 Å². The fourth-order valence-corrected chi connectivity index (χ4v) is 4.36. The number of hydrogen-bond acceptors (Lipinski definition) is 6. The van der Waals surface area contributed by atoms with Crippen LogP contribution in [0.15, 0.2) is 90.0 Å². The van der Waals surface area contributed by atoms with Crippen molar-refractivity contribution in [1.82, 2.24) is 15.2 Å². The average Bonchev–Trinajstić information content (AvgIpc) is 3.21. The summed E-state index contributed by atoms with van der Waals surface area (Å²) in [6.07, 6.45) is 2.90. The Morgan fingerprint density at radius 3 is 2.33 bits per heavy atom. The molecule has 0 atom stereocenters. The molecule has 0 fully saturated rings. The lowest BCUT2D eigenvalue weighted by molar-refractivity contribution is 0.483. The number of aromatic amines is 1. The highest BCUT2D eigenvalue weighted by Gasteiger charge is 2.17. The third kappa shape index (κ3) is 4.04. The molecule has 0 saturated carbocycles. The summed E-state index contributed by atoms with van der Waals surface area (Å²) in [7, 11) is -3.35. The number of nitrogens with one attached hydrogen (secondary N) is 1. The smallest absolute Gasteiger partial charge is 0.175 e. The number of nitrogens with two attached hydrogens (primary N) is 1. The fourth-order valence-electron chi connectivity index (χ4n) is 3.70. The van der Waals surface area contributed by atoms with Crippen LogP contribution in [0.2, 0.25) is 0 Å². The number of nitrogens with zero attached hydrogens (tertiary/aromatic N) is 2. The second-order valence-corrected chi connectivity index (χ2v) is 9.63. The van der Waals surface area contributed by atoms with Gasteiger partial charge in [-0.2, -0.15) is 5.10 Å². The number of rotatable bonds is 5. The van der Waals surface area contributed by atoms with Crippen molar-refractivity contribution in [3.63, 3.8) is 0 Å². The number of H-pyrrole nitrogens is 1. The third-order valence-corrected chi connectivity index (χ3v) is 6.41. The normalized spacial score (nSPS) is 11.5. The molecule has 2 aromatic heterocycles. The number of fused-ring (bicyclic) bond motifs is 1. The van der Waals surface area contributed by atoms with Gasteiger partial charge in [0.1, 0.15) is 11.5 Å². The SMILES string of the molecule is CS(=O)(=O)c1cccc(-c2ncc(-c3ccc(Oc4ccccc4)cc3)c3c(N)n[nH]c23)c1. The molecule has 0 amide bonds. The van der Waals surface area contributed by atoms with Crippen molar-refractivity contribution < 1.29 is 13.2 Å². The van der Waals surface area contributed by atoms with Gasteiger partial charge in [0.2, 0.25) is 0 Å². The second-order valence-electron chi connectivity index (χ2n) is 7.62. The first-order chi connectivity index (χ1) is 15.9. The molecule has 0 aliphatic carbocycles. The molecular formula is C25H20N4O3S. The highest BCUT2D eigenvalue weighted by Crippen LogP contribution is 2.36. The number of benzene rings is 3. The number of nitrogen functional groups attached to an aromatic ring is 1. The highest BCUT2D eigenvalue weighted by atomic mass is 32.2. The van der Waals surface area contributed by atoms with Crippen LogP contribution < -0.4 is 10.5 Å². The molecule has 8 heteroatoms. The molecule has 0 radical (unpaired) electrons. The zero-order chi connectivity index (χ0) is 23.0. The number of sulfone groups is 1. The van der Waals surface area contributed by atoms with Gasteiger partial charge in [-0.25, -0.2) is 8.42 Å². The maximum Gasteiger partial charge on any atom is 0.175 e. The molecule has 3 N–H and O–H groups in total. The molecule has 0 spiro atoms. The highest BCUT2D eigenvalue weighted by molar-refractivity contribution is 7.90. The van der Waals surface area contributed by atoms with Crippen LogP contribution in [0.3, 0.4) is 0 Å². The summed E-state index contributed by atoms with van der Waals surface area (Å²) in [6, 6.07) is 23.9. The molecule has 0 unspecified atom stereocenters. The summed E-state index contributed by atoms with van der Waals surface area (Å²) in [6.45, 7) is 0. The van der Waals surface area contributed by atoms with E-state index in [9.17, 15) is 8.42 Å². The van der Waals surface area contributed by atoms with E-state index in [1.54, 1.807) is 24.4 Å². The van der Waals surface area contributed by atoms with Gasteiger partial charge in [-0.1, -0.05) is 42.5 Å². The molecule has 2 heterocycles. The van der Waals surface area contributed by atoms with Gasteiger partial charge in [-0.15, -0.1) is 0 Å². The molecular weight excluding hydrogens is 436 g/mol. The summed E-state index contributed by atoms with van der Waals surface area (Å²) in [5.41, 5.74) is 9.79. The Bertz CT molecular complexity index is 1560.